The maximum absolute atomic E-state index is 13.7. The van der Waals surface area contributed by atoms with Gasteiger partial charge in [-0.05, 0) is 47.9 Å². The molecule has 1 aromatic heterocycles. The molecule has 0 spiro atoms. The molecule has 2 aromatic rings. The van der Waals surface area contributed by atoms with E-state index >= 15 is 0 Å². The van der Waals surface area contributed by atoms with Gasteiger partial charge in [0.15, 0.2) is 0 Å². The second-order valence-electron chi connectivity index (χ2n) is 9.64. The molecule has 2 amide bonds. The van der Waals surface area contributed by atoms with Gasteiger partial charge in [0, 0.05) is 43.7 Å². The highest BCUT2D eigenvalue weighted by atomic mass is 19.3. The zero-order valence-corrected chi connectivity index (χ0v) is 20.9. The van der Waals surface area contributed by atoms with Gasteiger partial charge in [0.1, 0.15) is 12.2 Å². The van der Waals surface area contributed by atoms with Gasteiger partial charge in [-0.1, -0.05) is 18.2 Å². The Bertz CT molecular complexity index is 1470. The first-order valence-electron chi connectivity index (χ1n) is 12.2. The van der Waals surface area contributed by atoms with Crippen molar-refractivity contribution in [3.63, 3.8) is 0 Å². The van der Waals surface area contributed by atoms with Crippen molar-refractivity contribution < 1.29 is 18.4 Å². The summed E-state index contributed by atoms with van der Waals surface area (Å²) in [6, 6.07) is 7.66. The van der Waals surface area contributed by atoms with E-state index in [1.54, 1.807) is 12.1 Å². The number of nitrogens with zero attached hydrogens (tertiary/aromatic N) is 5. The normalized spacial score (nSPS) is 21.9. The van der Waals surface area contributed by atoms with Gasteiger partial charge in [0.05, 0.1) is 30.2 Å². The van der Waals surface area contributed by atoms with Crippen molar-refractivity contribution in [3.05, 3.63) is 83.5 Å². The van der Waals surface area contributed by atoms with E-state index < -0.39 is 43.3 Å². The number of benzene rings is 1. The molecule has 1 fully saturated rings. The molecule has 3 aliphatic heterocycles. The molecule has 38 heavy (non-hydrogen) atoms. The number of likely N-dealkylation sites (N-methyl/N-ethyl adjacent to an activating group) is 1. The molecule has 194 valence electrons. The van der Waals surface area contributed by atoms with Crippen LogP contribution in [0.15, 0.2) is 72.4 Å². The number of hydrogen-bond donors (Lipinski definition) is 1. The number of aromatic nitrogens is 1. The summed E-state index contributed by atoms with van der Waals surface area (Å²) < 4.78 is 27.4. The molecule has 4 heterocycles. The minimum absolute atomic E-state index is 0.180. The molecule has 1 N–H and O–H groups in total. The maximum Gasteiger partial charge on any atom is 0.268 e. The van der Waals surface area contributed by atoms with Gasteiger partial charge in [-0.15, -0.1) is 0 Å². The lowest BCUT2D eigenvalue weighted by molar-refractivity contribution is -0.131. The van der Waals surface area contributed by atoms with Crippen LogP contribution in [0.2, 0.25) is 0 Å². The second kappa shape index (κ2) is 9.74. The molecule has 0 bridgehead atoms. The molecular weight excluding hydrogens is 490 g/mol. The fourth-order valence-corrected chi connectivity index (χ4v) is 4.88. The summed E-state index contributed by atoms with van der Waals surface area (Å²) in [5.74, 6) is -4.37. The predicted molar refractivity (Wildman–Crippen MR) is 138 cm³/mol. The summed E-state index contributed by atoms with van der Waals surface area (Å²) in [4.78, 5) is 34.9. The van der Waals surface area contributed by atoms with E-state index in [1.165, 1.54) is 6.20 Å². The quantitative estimate of drug-likeness (QED) is 0.653. The largest absolute Gasteiger partial charge is 0.356 e. The molecule has 3 aliphatic rings. The Labute approximate surface area is 218 Å². The molecule has 1 aromatic carbocycles. The number of rotatable bonds is 5. The van der Waals surface area contributed by atoms with E-state index in [0.29, 0.717) is 16.5 Å². The monoisotopic (exact) mass is 516 g/mol. The average molecular weight is 517 g/mol. The Morgan fingerprint density at radius 1 is 1.29 bits per heavy atom. The number of fused-ring (bicyclic) bond motifs is 2. The standard InChI is InChI=1S/C28H26F2N6O2/c1-18(20-4-6-25-34(2)9-10-35(25)16-20)11-19-3-5-24-23(12-19)22(7-8-32-24)27(38)33-15-26(37)36-17-28(29,30)13-21(36)14-31/h3-12,16,21,25H,13,15,17H2,1-2H3,(H,33,38)/b18-11+/t21-,25?/m0/s1. The predicted octanol–water partition coefficient (Wildman–Crippen LogP) is 3.63. The molecule has 5 rings (SSSR count). The van der Waals surface area contributed by atoms with Gasteiger partial charge in [0.25, 0.3) is 11.8 Å². The number of nitrogens with one attached hydrogen (secondary N) is 1. The first kappa shape index (κ1) is 25.1. The third-order valence-electron chi connectivity index (χ3n) is 6.92. The summed E-state index contributed by atoms with van der Waals surface area (Å²) in [7, 11) is 2.02. The molecule has 8 nitrogen and oxygen atoms in total. The first-order valence-corrected chi connectivity index (χ1v) is 12.2. The van der Waals surface area contributed by atoms with Crippen molar-refractivity contribution in [1.29, 1.82) is 5.26 Å². The van der Waals surface area contributed by atoms with Gasteiger partial charge >= 0.3 is 0 Å². The van der Waals surface area contributed by atoms with E-state index in [4.69, 9.17) is 5.26 Å². The van der Waals surface area contributed by atoms with E-state index in [9.17, 15) is 18.4 Å². The molecule has 2 atom stereocenters. The van der Waals surface area contributed by atoms with Gasteiger partial charge in [0.2, 0.25) is 5.91 Å². The maximum atomic E-state index is 13.7. The average Bonchev–Trinajstić information content (AvgIpc) is 3.44. The van der Waals surface area contributed by atoms with Crippen molar-refractivity contribution in [3.8, 4) is 6.07 Å². The van der Waals surface area contributed by atoms with Crippen LogP contribution in [-0.2, 0) is 4.79 Å². The van der Waals surface area contributed by atoms with Crippen LogP contribution in [0.25, 0.3) is 17.0 Å². The number of hydrogen-bond acceptors (Lipinski definition) is 6. The van der Waals surface area contributed by atoms with Crippen molar-refractivity contribution in [1.82, 2.24) is 25.0 Å². The number of carbonyl (C=O) groups excluding carboxylic acids is 2. The molecule has 1 saturated heterocycles. The Hall–Kier alpha value is -4.52. The number of pyridine rings is 1. The van der Waals surface area contributed by atoms with E-state index in [2.05, 4.69) is 38.5 Å². The molecule has 0 aliphatic carbocycles. The summed E-state index contributed by atoms with van der Waals surface area (Å²) in [5, 5.41) is 12.2. The fourth-order valence-electron chi connectivity index (χ4n) is 4.88. The topological polar surface area (TPSA) is 92.6 Å². The van der Waals surface area contributed by atoms with Crippen LogP contribution in [0.1, 0.15) is 29.3 Å². The second-order valence-corrected chi connectivity index (χ2v) is 9.64. The van der Waals surface area contributed by atoms with Crippen LogP contribution in [0.4, 0.5) is 8.78 Å². The number of amides is 2. The van der Waals surface area contributed by atoms with E-state index in [-0.39, 0.29) is 6.17 Å². The Morgan fingerprint density at radius 2 is 2.11 bits per heavy atom. The number of halogens is 2. The molecule has 10 heteroatoms. The summed E-state index contributed by atoms with van der Waals surface area (Å²) in [6.07, 6.45) is 13.3. The number of nitriles is 1. The molecule has 0 radical (unpaired) electrons. The number of likely N-dealkylation sites (tertiary alicyclic amines) is 1. The molecule has 0 saturated carbocycles. The Balaban J connectivity index is 1.33. The number of allylic oxidation sites excluding steroid dienone is 3. The number of carbonyl (C=O) groups is 2. The van der Waals surface area contributed by atoms with Crippen LogP contribution in [0.3, 0.4) is 0 Å². The lowest BCUT2D eigenvalue weighted by Crippen LogP contribution is -2.43. The Morgan fingerprint density at radius 3 is 2.89 bits per heavy atom. The van der Waals surface area contributed by atoms with Crippen LogP contribution in [0, 0.1) is 11.3 Å². The highest BCUT2D eigenvalue weighted by Crippen LogP contribution is 2.32. The van der Waals surface area contributed by atoms with Crippen molar-refractivity contribution in [2.45, 2.75) is 31.5 Å². The van der Waals surface area contributed by atoms with Crippen molar-refractivity contribution in [2.24, 2.45) is 0 Å². The lowest BCUT2D eigenvalue weighted by Gasteiger charge is -2.28. The van der Waals surface area contributed by atoms with Gasteiger partial charge in [-0.2, -0.15) is 5.26 Å². The fraction of sp³-hybridized carbons (Fsp3) is 0.286. The third-order valence-corrected chi connectivity index (χ3v) is 6.92. The van der Waals surface area contributed by atoms with Gasteiger partial charge < -0.3 is 20.0 Å². The zero-order chi connectivity index (χ0) is 27.0. The first-order chi connectivity index (χ1) is 18.1. The van der Waals surface area contributed by atoms with E-state index in [1.807, 2.05) is 50.6 Å². The molecule has 1 unspecified atom stereocenters. The lowest BCUT2D eigenvalue weighted by atomic mass is 10.0. The highest BCUT2D eigenvalue weighted by molar-refractivity contribution is 6.07. The van der Waals surface area contributed by atoms with Gasteiger partial charge in [-0.25, -0.2) is 8.78 Å². The zero-order valence-electron chi connectivity index (χ0n) is 20.9. The smallest absolute Gasteiger partial charge is 0.268 e. The number of alkyl halides is 2. The van der Waals surface area contributed by atoms with E-state index in [0.717, 1.165) is 21.6 Å². The van der Waals surface area contributed by atoms with Crippen LogP contribution < -0.4 is 5.32 Å². The Kier molecular flexibility index (Phi) is 6.45. The highest BCUT2D eigenvalue weighted by Gasteiger charge is 2.47. The van der Waals surface area contributed by atoms with Crippen LogP contribution in [-0.4, -0.2) is 69.8 Å². The van der Waals surface area contributed by atoms with Crippen molar-refractivity contribution >= 4 is 28.8 Å². The minimum Gasteiger partial charge on any atom is -0.356 e. The SMILES string of the molecule is C/C(=C\c1ccc2nccc(C(=O)NCC(=O)N3CC(F)(F)C[C@H]3C#N)c2c1)C1=CN2C=CN(C)C2C=C1. The van der Waals surface area contributed by atoms with Gasteiger partial charge in [-0.3, -0.25) is 14.6 Å². The summed E-state index contributed by atoms with van der Waals surface area (Å²) in [6.45, 7) is 0.699. The minimum atomic E-state index is -3.11. The third kappa shape index (κ3) is 4.87. The summed E-state index contributed by atoms with van der Waals surface area (Å²) in [5.41, 5.74) is 3.88. The van der Waals surface area contributed by atoms with Crippen LogP contribution in [0.5, 0.6) is 0 Å². The van der Waals surface area contributed by atoms with Crippen molar-refractivity contribution in [2.75, 3.05) is 20.1 Å². The van der Waals surface area contributed by atoms with Crippen LogP contribution >= 0.6 is 0 Å². The summed E-state index contributed by atoms with van der Waals surface area (Å²) >= 11 is 0. The molecular formula is C28H26F2N6O2.